The van der Waals surface area contributed by atoms with Crippen molar-refractivity contribution in [3.05, 3.63) is 33.7 Å². The highest BCUT2D eigenvalue weighted by atomic mass is 16.5. The van der Waals surface area contributed by atoms with Crippen LogP contribution in [0.25, 0.3) is 0 Å². The van der Waals surface area contributed by atoms with Gasteiger partial charge in [0.25, 0.3) is 5.56 Å². The second-order valence-corrected chi connectivity index (χ2v) is 6.57. The number of aromatic nitrogens is 1. The number of nitrogens with one attached hydrogen (secondary N) is 1. The van der Waals surface area contributed by atoms with Gasteiger partial charge < -0.3 is 14.6 Å². The third-order valence-corrected chi connectivity index (χ3v) is 3.80. The molecule has 0 aliphatic carbocycles. The van der Waals surface area contributed by atoms with E-state index in [0.717, 1.165) is 30.7 Å². The quantitative estimate of drug-likeness (QED) is 0.916. The maximum Gasteiger partial charge on any atom is 0.255 e. The Bertz CT molecular complexity index is 508. The summed E-state index contributed by atoms with van der Waals surface area (Å²) in [5.41, 5.74) is 1.97. The van der Waals surface area contributed by atoms with Crippen LogP contribution in [0.1, 0.15) is 44.9 Å². The van der Waals surface area contributed by atoms with Crippen molar-refractivity contribution in [2.45, 2.75) is 58.2 Å². The van der Waals surface area contributed by atoms with Crippen molar-refractivity contribution in [3.8, 4) is 0 Å². The molecule has 1 atom stereocenters. The SMILES string of the molecule is CNCc1ccc(C(C)(C)C)n(CC2CCCO2)c1=O. The Labute approximate surface area is 121 Å². The van der Waals surface area contributed by atoms with Crippen LogP contribution in [0.2, 0.25) is 0 Å². The number of hydrogen-bond acceptors (Lipinski definition) is 3. The molecule has 1 N–H and O–H groups in total. The summed E-state index contributed by atoms with van der Waals surface area (Å²) in [5, 5.41) is 3.06. The van der Waals surface area contributed by atoms with Crippen molar-refractivity contribution in [2.75, 3.05) is 13.7 Å². The van der Waals surface area contributed by atoms with Crippen LogP contribution in [-0.2, 0) is 23.2 Å². The van der Waals surface area contributed by atoms with Crippen LogP contribution in [0.3, 0.4) is 0 Å². The molecule has 1 aliphatic heterocycles. The highest BCUT2D eigenvalue weighted by molar-refractivity contribution is 5.21. The molecule has 0 radical (unpaired) electrons. The van der Waals surface area contributed by atoms with Gasteiger partial charge in [0.1, 0.15) is 0 Å². The summed E-state index contributed by atoms with van der Waals surface area (Å²) < 4.78 is 7.62. The Kier molecular flexibility index (Phi) is 4.66. The Morgan fingerprint density at radius 3 is 2.70 bits per heavy atom. The summed E-state index contributed by atoms with van der Waals surface area (Å²) in [7, 11) is 1.86. The van der Waals surface area contributed by atoms with Gasteiger partial charge in [-0.05, 0) is 26.0 Å². The van der Waals surface area contributed by atoms with Gasteiger partial charge in [0, 0.05) is 29.8 Å². The fraction of sp³-hybridized carbons (Fsp3) is 0.688. The molecule has 20 heavy (non-hydrogen) atoms. The first kappa shape index (κ1) is 15.3. The van der Waals surface area contributed by atoms with Crippen LogP contribution in [0, 0.1) is 0 Å². The van der Waals surface area contributed by atoms with Gasteiger partial charge in [-0.3, -0.25) is 4.79 Å². The maximum atomic E-state index is 12.7. The number of hydrogen-bond donors (Lipinski definition) is 1. The third kappa shape index (κ3) is 3.30. The molecule has 4 nitrogen and oxygen atoms in total. The first-order chi connectivity index (χ1) is 9.43. The molecule has 1 unspecified atom stereocenters. The highest BCUT2D eigenvalue weighted by Crippen LogP contribution is 2.23. The molecule has 1 aromatic heterocycles. The van der Waals surface area contributed by atoms with Crippen LogP contribution in [0.4, 0.5) is 0 Å². The van der Waals surface area contributed by atoms with Crippen LogP contribution in [0.5, 0.6) is 0 Å². The van der Waals surface area contributed by atoms with E-state index in [0.29, 0.717) is 13.1 Å². The monoisotopic (exact) mass is 278 g/mol. The maximum absolute atomic E-state index is 12.7. The molecule has 0 amide bonds. The average Bonchev–Trinajstić information content (AvgIpc) is 2.86. The minimum absolute atomic E-state index is 0.0457. The van der Waals surface area contributed by atoms with E-state index in [1.165, 1.54) is 0 Å². The average molecular weight is 278 g/mol. The second-order valence-electron chi connectivity index (χ2n) is 6.57. The second kappa shape index (κ2) is 6.10. The van der Waals surface area contributed by atoms with Crippen LogP contribution < -0.4 is 10.9 Å². The van der Waals surface area contributed by atoms with E-state index >= 15 is 0 Å². The Morgan fingerprint density at radius 1 is 1.40 bits per heavy atom. The number of rotatable bonds is 4. The number of pyridine rings is 1. The molecule has 1 aromatic rings. The molecule has 0 spiro atoms. The van der Waals surface area contributed by atoms with Crippen molar-refractivity contribution in [1.29, 1.82) is 0 Å². The van der Waals surface area contributed by atoms with E-state index in [2.05, 4.69) is 32.2 Å². The molecule has 0 aromatic carbocycles. The lowest BCUT2D eigenvalue weighted by Gasteiger charge is -2.26. The predicted molar refractivity (Wildman–Crippen MR) is 81.1 cm³/mol. The summed E-state index contributed by atoms with van der Waals surface area (Å²) >= 11 is 0. The molecule has 1 aliphatic rings. The third-order valence-electron chi connectivity index (χ3n) is 3.80. The normalized spacial score (nSPS) is 19.5. The minimum Gasteiger partial charge on any atom is -0.376 e. The summed E-state index contributed by atoms with van der Waals surface area (Å²) in [6.45, 7) is 8.53. The van der Waals surface area contributed by atoms with E-state index in [4.69, 9.17) is 4.74 Å². The van der Waals surface area contributed by atoms with E-state index in [1.54, 1.807) is 0 Å². The first-order valence-corrected chi connectivity index (χ1v) is 7.43. The van der Waals surface area contributed by atoms with Gasteiger partial charge in [0.2, 0.25) is 0 Å². The number of nitrogens with zero attached hydrogens (tertiary/aromatic N) is 1. The van der Waals surface area contributed by atoms with Crippen molar-refractivity contribution >= 4 is 0 Å². The summed E-state index contributed by atoms with van der Waals surface area (Å²) in [6.07, 6.45) is 2.32. The summed E-state index contributed by atoms with van der Waals surface area (Å²) in [6, 6.07) is 4.04. The van der Waals surface area contributed by atoms with Gasteiger partial charge in [-0.1, -0.05) is 26.8 Å². The fourth-order valence-electron chi connectivity index (χ4n) is 2.78. The van der Waals surface area contributed by atoms with Crippen molar-refractivity contribution < 1.29 is 4.74 Å². The van der Waals surface area contributed by atoms with Gasteiger partial charge in [-0.15, -0.1) is 0 Å². The van der Waals surface area contributed by atoms with Crippen molar-refractivity contribution in [2.24, 2.45) is 0 Å². The molecule has 0 saturated carbocycles. The molecule has 0 bridgehead atoms. The molecular formula is C16H26N2O2. The predicted octanol–water partition coefficient (Wildman–Crippen LogP) is 2.04. The molecule has 1 fully saturated rings. The van der Waals surface area contributed by atoms with Gasteiger partial charge in [-0.25, -0.2) is 0 Å². The highest BCUT2D eigenvalue weighted by Gasteiger charge is 2.23. The van der Waals surface area contributed by atoms with Crippen LogP contribution in [-0.4, -0.2) is 24.3 Å². The van der Waals surface area contributed by atoms with Gasteiger partial charge in [0.05, 0.1) is 12.6 Å². The van der Waals surface area contributed by atoms with Crippen LogP contribution >= 0.6 is 0 Å². The van der Waals surface area contributed by atoms with E-state index in [9.17, 15) is 4.79 Å². The van der Waals surface area contributed by atoms with Gasteiger partial charge in [0.15, 0.2) is 0 Å². The molecule has 112 valence electrons. The van der Waals surface area contributed by atoms with Crippen molar-refractivity contribution in [3.63, 3.8) is 0 Å². The van der Waals surface area contributed by atoms with E-state index < -0.39 is 0 Å². The topological polar surface area (TPSA) is 43.3 Å². The summed E-state index contributed by atoms with van der Waals surface area (Å²) in [4.78, 5) is 12.7. The lowest BCUT2D eigenvalue weighted by Crippen LogP contribution is -2.35. The standard InChI is InChI=1S/C16H26N2O2/c1-16(2,3)14-8-7-12(10-17-4)15(19)18(14)11-13-6-5-9-20-13/h7-8,13,17H,5-6,9-11H2,1-4H3. The van der Waals surface area contributed by atoms with E-state index in [1.807, 2.05) is 17.7 Å². The van der Waals surface area contributed by atoms with Crippen molar-refractivity contribution in [1.82, 2.24) is 9.88 Å². The smallest absolute Gasteiger partial charge is 0.255 e. The molecular weight excluding hydrogens is 252 g/mol. The molecule has 4 heteroatoms. The largest absolute Gasteiger partial charge is 0.376 e. The Balaban J connectivity index is 2.41. The minimum atomic E-state index is -0.0457. The zero-order valence-corrected chi connectivity index (χ0v) is 13.0. The molecule has 2 heterocycles. The lowest BCUT2D eigenvalue weighted by molar-refractivity contribution is 0.0946. The summed E-state index contributed by atoms with van der Waals surface area (Å²) in [5.74, 6) is 0. The lowest BCUT2D eigenvalue weighted by atomic mass is 9.90. The Hall–Kier alpha value is -1.13. The van der Waals surface area contributed by atoms with Crippen LogP contribution in [0.15, 0.2) is 16.9 Å². The van der Waals surface area contributed by atoms with Gasteiger partial charge in [-0.2, -0.15) is 0 Å². The molecule has 1 saturated heterocycles. The Morgan fingerprint density at radius 2 is 2.15 bits per heavy atom. The molecule has 2 rings (SSSR count). The van der Waals surface area contributed by atoms with E-state index in [-0.39, 0.29) is 17.1 Å². The fourth-order valence-corrected chi connectivity index (χ4v) is 2.78. The zero-order chi connectivity index (χ0) is 14.8. The zero-order valence-electron chi connectivity index (χ0n) is 13.0. The first-order valence-electron chi connectivity index (χ1n) is 7.43. The number of ether oxygens (including phenoxy) is 1. The van der Waals surface area contributed by atoms with Gasteiger partial charge >= 0.3 is 0 Å².